The fourth-order valence-electron chi connectivity index (χ4n) is 0.179. The van der Waals surface area contributed by atoms with E-state index in [9.17, 15) is 4.21 Å². The van der Waals surface area contributed by atoms with Crippen molar-refractivity contribution < 1.29 is 8.76 Å². The van der Waals surface area contributed by atoms with Gasteiger partial charge in [-0.15, -0.1) is 0 Å². The average molecular weight is 120 g/mol. The molecule has 0 spiro atoms. The Hall–Kier alpha value is -0.150. The summed E-state index contributed by atoms with van der Waals surface area (Å²) in [5, 5.41) is 0. The van der Waals surface area contributed by atoms with E-state index in [0.717, 1.165) is 0 Å². The molecule has 0 saturated carbocycles. The molecule has 0 aromatic heterocycles. The van der Waals surface area contributed by atoms with Gasteiger partial charge in [0.25, 0.3) is 0 Å². The van der Waals surface area contributed by atoms with Gasteiger partial charge in [-0.3, -0.25) is 0 Å². The van der Waals surface area contributed by atoms with Crippen LogP contribution in [0, 0.1) is 0 Å². The Balaban J connectivity index is 3.14. The lowest BCUT2D eigenvalue weighted by Gasteiger charge is -1.78. The summed E-state index contributed by atoms with van der Waals surface area (Å²) in [7, 11) is 0. The molecule has 0 fully saturated rings. The highest BCUT2D eigenvalue weighted by Crippen LogP contribution is 1.74. The van der Waals surface area contributed by atoms with Crippen molar-refractivity contribution in [2.45, 2.75) is 6.92 Å². The lowest BCUT2D eigenvalue weighted by atomic mass is 10.6. The van der Waals surface area contributed by atoms with Gasteiger partial charge in [-0.2, -0.15) is 0 Å². The number of hydrogen-bond donors (Lipinski definition) is 1. The van der Waals surface area contributed by atoms with Crippen LogP contribution in [-0.2, 0) is 11.1 Å². The van der Waals surface area contributed by atoms with Crippen LogP contribution in [0.25, 0.3) is 0 Å². The van der Waals surface area contributed by atoms with E-state index in [1.165, 1.54) is 0 Å². The summed E-state index contributed by atoms with van der Waals surface area (Å²) in [5.74, 6) is 0.247. The topological polar surface area (TPSA) is 37.3 Å². The van der Waals surface area contributed by atoms with E-state index in [2.05, 4.69) is 0 Å². The highest BCUT2D eigenvalue weighted by molar-refractivity contribution is 7.79. The Bertz CT molecular complexity index is 87.7. The van der Waals surface area contributed by atoms with Crippen molar-refractivity contribution in [3.8, 4) is 0 Å². The Morgan fingerprint density at radius 1 is 1.86 bits per heavy atom. The molecule has 0 bridgehead atoms. The maximum Gasteiger partial charge on any atom is 0.156 e. The average Bonchev–Trinajstić information content (AvgIpc) is 1.61. The fourth-order valence-corrected chi connectivity index (χ4v) is 0.536. The van der Waals surface area contributed by atoms with E-state index in [0.29, 0.717) is 0 Å². The van der Waals surface area contributed by atoms with Crippen molar-refractivity contribution in [3.05, 3.63) is 12.2 Å². The van der Waals surface area contributed by atoms with Gasteiger partial charge in [-0.1, -0.05) is 12.2 Å². The van der Waals surface area contributed by atoms with E-state index in [4.69, 9.17) is 4.55 Å². The molecule has 0 aliphatic carbocycles. The van der Waals surface area contributed by atoms with Gasteiger partial charge >= 0.3 is 0 Å². The quantitative estimate of drug-likeness (QED) is 0.432. The minimum Gasteiger partial charge on any atom is -0.306 e. The molecular weight excluding hydrogens is 112 g/mol. The van der Waals surface area contributed by atoms with Crippen LogP contribution in [0.4, 0.5) is 0 Å². The zero-order chi connectivity index (χ0) is 5.70. The molecule has 0 saturated heterocycles. The Morgan fingerprint density at radius 3 is 2.57 bits per heavy atom. The van der Waals surface area contributed by atoms with Crippen LogP contribution in [0.2, 0.25) is 0 Å². The van der Waals surface area contributed by atoms with Crippen LogP contribution in [-0.4, -0.2) is 14.5 Å². The predicted octanol–water partition coefficient (Wildman–Crippen LogP) is 0.784. The lowest BCUT2D eigenvalue weighted by molar-refractivity contribution is 0.567. The smallest absolute Gasteiger partial charge is 0.156 e. The van der Waals surface area contributed by atoms with E-state index < -0.39 is 11.1 Å². The number of hydrogen-bond acceptors (Lipinski definition) is 1. The van der Waals surface area contributed by atoms with Crippen molar-refractivity contribution >= 4 is 11.1 Å². The van der Waals surface area contributed by atoms with E-state index in [1.807, 2.05) is 6.92 Å². The normalized spacial score (nSPS) is 15.1. The van der Waals surface area contributed by atoms with Crippen LogP contribution in [0.1, 0.15) is 6.92 Å². The molecule has 0 aliphatic heterocycles. The SMILES string of the molecule is C/C=C/CS(=O)O. The zero-order valence-corrected chi connectivity index (χ0v) is 4.94. The zero-order valence-electron chi connectivity index (χ0n) is 4.13. The highest BCUT2D eigenvalue weighted by Gasteiger charge is 1.81. The minimum atomic E-state index is -1.65. The Labute approximate surface area is 45.5 Å². The molecule has 0 rings (SSSR count). The van der Waals surface area contributed by atoms with Gasteiger partial charge in [0.2, 0.25) is 0 Å². The van der Waals surface area contributed by atoms with E-state index in [-0.39, 0.29) is 5.75 Å². The fraction of sp³-hybridized carbons (Fsp3) is 0.500. The molecule has 1 N–H and O–H groups in total. The van der Waals surface area contributed by atoms with Gasteiger partial charge in [0, 0.05) is 0 Å². The molecule has 0 amide bonds. The summed E-state index contributed by atoms with van der Waals surface area (Å²) in [6.07, 6.45) is 3.39. The Morgan fingerprint density at radius 2 is 2.43 bits per heavy atom. The van der Waals surface area contributed by atoms with Crippen molar-refractivity contribution in [3.63, 3.8) is 0 Å². The van der Waals surface area contributed by atoms with Gasteiger partial charge in [0.1, 0.15) is 0 Å². The molecular formula is C4H8O2S. The highest BCUT2D eigenvalue weighted by atomic mass is 32.2. The molecule has 3 heteroatoms. The maximum absolute atomic E-state index is 9.82. The second kappa shape index (κ2) is 4.02. The van der Waals surface area contributed by atoms with Crippen LogP contribution < -0.4 is 0 Å². The molecule has 7 heavy (non-hydrogen) atoms. The summed E-state index contributed by atoms with van der Waals surface area (Å²) in [4.78, 5) is 0. The second-order valence-corrected chi connectivity index (χ2v) is 2.03. The summed E-state index contributed by atoms with van der Waals surface area (Å²) in [5.41, 5.74) is 0. The number of allylic oxidation sites excluding steroid dienone is 1. The van der Waals surface area contributed by atoms with Gasteiger partial charge in [-0.25, -0.2) is 4.21 Å². The van der Waals surface area contributed by atoms with Crippen molar-refractivity contribution in [1.29, 1.82) is 0 Å². The maximum atomic E-state index is 9.82. The lowest BCUT2D eigenvalue weighted by Crippen LogP contribution is -1.88. The summed E-state index contributed by atoms with van der Waals surface area (Å²) >= 11 is -1.65. The summed E-state index contributed by atoms with van der Waals surface area (Å²) in [6, 6.07) is 0. The molecule has 0 heterocycles. The first-order valence-electron chi connectivity index (χ1n) is 1.96. The van der Waals surface area contributed by atoms with Crippen LogP contribution >= 0.6 is 0 Å². The largest absolute Gasteiger partial charge is 0.306 e. The molecule has 0 aromatic rings. The first-order chi connectivity index (χ1) is 3.27. The molecule has 1 atom stereocenters. The van der Waals surface area contributed by atoms with Crippen molar-refractivity contribution in [2.24, 2.45) is 0 Å². The molecule has 2 nitrogen and oxygen atoms in total. The van der Waals surface area contributed by atoms with Gasteiger partial charge in [-0.05, 0) is 6.92 Å². The van der Waals surface area contributed by atoms with Gasteiger partial charge < -0.3 is 4.55 Å². The van der Waals surface area contributed by atoms with Crippen LogP contribution in [0.15, 0.2) is 12.2 Å². The first kappa shape index (κ1) is 6.85. The second-order valence-electron chi connectivity index (χ2n) is 1.06. The molecule has 0 radical (unpaired) electrons. The predicted molar refractivity (Wildman–Crippen MR) is 30.5 cm³/mol. The van der Waals surface area contributed by atoms with Gasteiger partial charge in [0.15, 0.2) is 11.1 Å². The van der Waals surface area contributed by atoms with E-state index >= 15 is 0 Å². The van der Waals surface area contributed by atoms with E-state index in [1.54, 1.807) is 12.2 Å². The molecule has 42 valence electrons. The Kier molecular flexibility index (Phi) is 3.93. The molecule has 1 unspecified atom stereocenters. The molecule has 0 aromatic carbocycles. The standard InChI is InChI=1S/C4H8O2S/c1-2-3-4-7(5)6/h2-3H,4H2,1H3,(H,5,6)/b3-2+. The van der Waals surface area contributed by atoms with Crippen molar-refractivity contribution in [2.75, 3.05) is 5.75 Å². The summed E-state index contributed by atoms with van der Waals surface area (Å²) < 4.78 is 17.9. The first-order valence-corrected chi connectivity index (χ1v) is 3.23. The van der Waals surface area contributed by atoms with Crippen molar-refractivity contribution in [1.82, 2.24) is 0 Å². The monoisotopic (exact) mass is 120 g/mol. The third kappa shape index (κ3) is 5.85. The third-order valence-corrected chi connectivity index (χ3v) is 0.952. The third-order valence-electron chi connectivity index (χ3n) is 0.475. The molecule has 0 aliphatic rings. The van der Waals surface area contributed by atoms with Crippen LogP contribution in [0.5, 0.6) is 0 Å². The minimum absolute atomic E-state index is 0.247. The summed E-state index contributed by atoms with van der Waals surface area (Å²) in [6.45, 7) is 1.81. The van der Waals surface area contributed by atoms with Crippen LogP contribution in [0.3, 0.4) is 0 Å². The van der Waals surface area contributed by atoms with Gasteiger partial charge in [0.05, 0.1) is 5.75 Å². The number of rotatable bonds is 2.